The molecule has 0 radical (unpaired) electrons. The summed E-state index contributed by atoms with van der Waals surface area (Å²) < 4.78 is 20.0. The number of benzene rings is 2. The monoisotopic (exact) mass is 469 g/mol. The first kappa shape index (κ1) is 22.5. The van der Waals surface area contributed by atoms with E-state index in [1.165, 1.54) is 36.0 Å². The van der Waals surface area contributed by atoms with Gasteiger partial charge in [-0.05, 0) is 49.2 Å². The maximum Gasteiger partial charge on any atom is 0.338 e. The number of esters is 1. The van der Waals surface area contributed by atoms with Crippen LogP contribution < -0.4 is 5.32 Å². The van der Waals surface area contributed by atoms with Crippen LogP contribution in [0, 0.1) is 15.9 Å². The number of nitro benzene ring substituents is 1. The van der Waals surface area contributed by atoms with Crippen molar-refractivity contribution in [3.05, 3.63) is 86.9 Å². The maximum atomic E-state index is 13.1. The Balaban J connectivity index is 1.69. The van der Waals surface area contributed by atoms with Crippen LogP contribution in [0.2, 0.25) is 0 Å². The SMILES string of the molecule is CCOC(=O)C1=C(C)Nc2nc(SCc3ccc(F)cc3)nn2[C@H]1c1ccc([N+](=O)[O-])cc1. The molecule has 170 valence electrons. The molecule has 3 aromatic rings. The molecule has 33 heavy (non-hydrogen) atoms. The molecule has 1 aliphatic heterocycles. The topological polar surface area (TPSA) is 112 Å². The number of ether oxygens (including phenoxy) is 1. The Kier molecular flexibility index (Phi) is 6.40. The molecule has 1 aromatic heterocycles. The van der Waals surface area contributed by atoms with Gasteiger partial charge in [-0.1, -0.05) is 23.9 Å². The first-order chi connectivity index (χ1) is 15.9. The molecule has 11 heteroatoms. The van der Waals surface area contributed by atoms with E-state index in [1.807, 2.05) is 0 Å². The molecule has 2 aromatic carbocycles. The van der Waals surface area contributed by atoms with Gasteiger partial charge in [0.2, 0.25) is 11.1 Å². The van der Waals surface area contributed by atoms with Crippen molar-refractivity contribution < 1.29 is 18.8 Å². The number of thioether (sulfide) groups is 1. The van der Waals surface area contributed by atoms with Crippen LogP contribution in [-0.4, -0.2) is 32.3 Å². The summed E-state index contributed by atoms with van der Waals surface area (Å²) in [6.45, 7) is 3.66. The van der Waals surface area contributed by atoms with Crippen molar-refractivity contribution in [2.75, 3.05) is 11.9 Å². The number of fused-ring (bicyclic) bond motifs is 1. The van der Waals surface area contributed by atoms with E-state index in [0.29, 0.717) is 33.7 Å². The summed E-state index contributed by atoms with van der Waals surface area (Å²) in [5.74, 6) is 0.156. The molecule has 4 rings (SSSR count). The summed E-state index contributed by atoms with van der Waals surface area (Å²) in [5, 5.41) is 19.2. The Hall–Kier alpha value is -3.73. The summed E-state index contributed by atoms with van der Waals surface area (Å²) >= 11 is 1.37. The molecule has 2 heterocycles. The highest BCUT2D eigenvalue weighted by Crippen LogP contribution is 2.37. The lowest BCUT2D eigenvalue weighted by atomic mass is 9.95. The minimum Gasteiger partial charge on any atom is -0.463 e. The van der Waals surface area contributed by atoms with Gasteiger partial charge in [0, 0.05) is 23.6 Å². The number of nitro groups is 1. The van der Waals surface area contributed by atoms with Crippen LogP contribution in [0.5, 0.6) is 0 Å². The number of halogens is 1. The molecule has 0 fully saturated rings. The van der Waals surface area contributed by atoms with Gasteiger partial charge in [-0.15, -0.1) is 5.10 Å². The normalized spacial score (nSPS) is 15.1. The Labute approximate surface area is 192 Å². The van der Waals surface area contributed by atoms with Gasteiger partial charge in [0.05, 0.1) is 17.1 Å². The zero-order chi connectivity index (χ0) is 23.5. The Morgan fingerprint density at radius 3 is 2.58 bits per heavy atom. The molecule has 0 amide bonds. The Bertz CT molecular complexity index is 1220. The Morgan fingerprint density at radius 2 is 1.94 bits per heavy atom. The third kappa shape index (κ3) is 4.72. The third-order valence-corrected chi connectivity index (χ3v) is 5.94. The number of carbonyl (C=O) groups is 1. The van der Waals surface area contributed by atoms with E-state index < -0.39 is 16.9 Å². The maximum absolute atomic E-state index is 13.1. The molecule has 9 nitrogen and oxygen atoms in total. The van der Waals surface area contributed by atoms with Gasteiger partial charge >= 0.3 is 5.97 Å². The number of hydrogen-bond donors (Lipinski definition) is 1. The number of anilines is 1. The van der Waals surface area contributed by atoms with Crippen molar-refractivity contribution in [3.63, 3.8) is 0 Å². The van der Waals surface area contributed by atoms with Gasteiger partial charge in [0.25, 0.3) is 5.69 Å². The number of rotatable bonds is 7. The smallest absolute Gasteiger partial charge is 0.338 e. The van der Waals surface area contributed by atoms with Crippen LogP contribution in [0.25, 0.3) is 0 Å². The number of non-ortho nitro benzene ring substituents is 1. The molecule has 0 unspecified atom stereocenters. The second-order valence-corrected chi connectivity index (χ2v) is 8.16. The van der Waals surface area contributed by atoms with E-state index in [-0.39, 0.29) is 18.1 Å². The average Bonchev–Trinajstić information content (AvgIpc) is 3.20. The van der Waals surface area contributed by atoms with Crippen molar-refractivity contribution in [3.8, 4) is 0 Å². The fraction of sp³-hybridized carbons (Fsp3) is 0.227. The van der Waals surface area contributed by atoms with E-state index in [0.717, 1.165) is 5.56 Å². The molecule has 0 bridgehead atoms. The Morgan fingerprint density at radius 1 is 1.24 bits per heavy atom. The van der Waals surface area contributed by atoms with E-state index in [4.69, 9.17) is 4.74 Å². The number of carbonyl (C=O) groups excluding carboxylic acids is 1. The predicted octanol–water partition coefficient (Wildman–Crippen LogP) is 4.47. The minimum atomic E-state index is -0.672. The lowest BCUT2D eigenvalue weighted by Gasteiger charge is -2.28. The summed E-state index contributed by atoms with van der Waals surface area (Å²) in [5.41, 5.74) is 2.40. The first-order valence-electron chi connectivity index (χ1n) is 10.1. The third-order valence-electron chi connectivity index (χ3n) is 5.03. The second-order valence-electron chi connectivity index (χ2n) is 7.21. The van der Waals surface area contributed by atoms with Crippen LogP contribution in [0.15, 0.2) is 65.0 Å². The molecular weight excluding hydrogens is 449 g/mol. The van der Waals surface area contributed by atoms with E-state index in [9.17, 15) is 19.3 Å². The van der Waals surface area contributed by atoms with Gasteiger partial charge in [-0.3, -0.25) is 10.1 Å². The number of allylic oxidation sites excluding steroid dienone is 1. The highest BCUT2D eigenvalue weighted by atomic mass is 32.2. The van der Waals surface area contributed by atoms with E-state index in [2.05, 4.69) is 15.4 Å². The van der Waals surface area contributed by atoms with Crippen LogP contribution in [-0.2, 0) is 15.3 Å². The molecule has 0 saturated heterocycles. The van der Waals surface area contributed by atoms with Gasteiger partial charge in [0.1, 0.15) is 11.9 Å². The van der Waals surface area contributed by atoms with Crippen LogP contribution in [0.3, 0.4) is 0 Å². The fourth-order valence-electron chi connectivity index (χ4n) is 3.48. The second kappa shape index (κ2) is 9.41. The lowest BCUT2D eigenvalue weighted by molar-refractivity contribution is -0.384. The van der Waals surface area contributed by atoms with Crippen LogP contribution in [0.4, 0.5) is 16.0 Å². The van der Waals surface area contributed by atoms with Crippen molar-refractivity contribution in [1.82, 2.24) is 14.8 Å². The molecular formula is C22H20FN5O4S. The van der Waals surface area contributed by atoms with Gasteiger partial charge < -0.3 is 10.1 Å². The number of aromatic nitrogens is 3. The summed E-state index contributed by atoms with van der Waals surface area (Å²) in [6, 6.07) is 11.5. The number of nitrogens with one attached hydrogen (secondary N) is 1. The quantitative estimate of drug-likeness (QED) is 0.233. The van der Waals surface area contributed by atoms with Crippen LogP contribution >= 0.6 is 11.8 Å². The minimum absolute atomic E-state index is 0.0552. The fourth-order valence-corrected chi connectivity index (χ4v) is 4.27. The highest BCUT2D eigenvalue weighted by molar-refractivity contribution is 7.98. The van der Waals surface area contributed by atoms with E-state index >= 15 is 0 Å². The molecule has 1 atom stereocenters. The van der Waals surface area contributed by atoms with Crippen LogP contribution in [0.1, 0.15) is 31.0 Å². The molecule has 0 aliphatic carbocycles. The molecule has 1 aliphatic rings. The zero-order valence-electron chi connectivity index (χ0n) is 17.8. The largest absolute Gasteiger partial charge is 0.463 e. The van der Waals surface area contributed by atoms with E-state index in [1.54, 1.807) is 42.8 Å². The first-order valence-corrected chi connectivity index (χ1v) is 11.1. The zero-order valence-corrected chi connectivity index (χ0v) is 18.6. The van der Waals surface area contributed by atoms with Gasteiger partial charge in [-0.25, -0.2) is 13.9 Å². The lowest BCUT2D eigenvalue weighted by Crippen LogP contribution is -2.29. The van der Waals surface area contributed by atoms with Crippen molar-refractivity contribution >= 4 is 29.4 Å². The van der Waals surface area contributed by atoms with Crippen molar-refractivity contribution in [2.24, 2.45) is 0 Å². The van der Waals surface area contributed by atoms with Gasteiger partial charge in [0.15, 0.2) is 0 Å². The molecule has 1 N–H and O–H groups in total. The van der Waals surface area contributed by atoms with Crippen molar-refractivity contribution in [1.29, 1.82) is 0 Å². The van der Waals surface area contributed by atoms with Gasteiger partial charge in [-0.2, -0.15) is 4.98 Å². The highest BCUT2D eigenvalue weighted by Gasteiger charge is 2.35. The number of nitrogens with zero attached hydrogens (tertiary/aromatic N) is 4. The standard InChI is InChI=1S/C22H20FN5O4S/c1-3-32-20(29)18-13(2)24-21-25-22(33-12-14-4-8-16(23)9-5-14)26-27(21)19(18)15-6-10-17(11-7-15)28(30)31/h4-11,19H,3,12H2,1-2H3,(H,24,25,26)/t19-/m0/s1. The summed E-state index contributed by atoms with van der Waals surface area (Å²) in [4.78, 5) is 27.9. The summed E-state index contributed by atoms with van der Waals surface area (Å²) in [6.07, 6.45) is 0. The number of hydrogen-bond acceptors (Lipinski definition) is 8. The molecule has 0 spiro atoms. The summed E-state index contributed by atoms with van der Waals surface area (Å²) in [7, 11) is 0. The average molecular weight is 469 g/mol. The van der Waals surface area contributed by atoms with Crippen molar-refractivity contribution in [2.45, 2.75) is 30.8 Å². The molecule has 0 saturated carbocycles. The predicted molar refractivity (Wildman–Crippen MR) is 120 cm³/mol.